The van der Waals surface area contributed by atoms with Crippen LogP contribution in [0.15, 0.2) is 6.33 Å². The summed E-state index contributed by atoms with van der Waals surface area (Å²) in [5.41, 5.74) is -0.271. The van der Waals surface area contributed by atoms with Crippen LogP contribution >= 0.6 is 0 Å². The lowest BCUT2D eigenvalue weighted by Gasteiger charge is -2.20. The fraction of sp³-hybridized carbons (Fsp3) is 0.545. The molecule has 1 aromatic rings. The standard InChI is InChI=1S/C11H18N4O5/c1-4-20-11(17)7(6(2)3)14-10(16)8-9(15(18)19)13-5-12-8/h5-7,15,18H,4H2,1-3H3,(H,12,13)(H,14,16). The zero-order valence-electron chi connectivity index (χ0n) is 11.5. The number of aromatic nitrogens is 2. The number of carbonyl (C=O) groups is 2. The van der Waals surface area contributed by atoms with Gasteiger partial charge < -0.3 is 15.3 Å². The minimum atomic E-state index is -1.30. The molecule has 0 saturated carbocycles. The van der Waals surface area contributed by atoms with Crippen LogP contribution < -0.4 is 10.5 Å². The third-order valence-electron chi connectivity index (χ3n) is 2.56. The Morgan fingerprint density at radius 1 is 1.60 bits per heavy atom. The van der Waals surface area contributed by atoms with E-state index in [4.69, 9.17) is 9.94 Å². The van der Waals surface area contributed by atoms with Gasteiger partial charge >= 0.3 is 5.97 Å². The number of nitrogens with one attached hydrogen (secondary N) is 3. The van der Waals surface area contributed by atoms with E-state index < -0.39 is 23.1 Å². The van der Waals surface area contributed by atoms with Crippen LogP contribution in [0.25, 0.3) is 0 Å². The third kappa shape index (κ3) is 3.76. The second-order valence-electron chi connectivity index (χ2n) is 4.38. The summed E-state index contributed by atoms with van der Waals surface area (Å²) in [5.74, 6) is -1.84. The summed E-state index contributed by atoms with van der Waals surface area (Å²) in [7, 11) is 0. The van der Waals surface area contributed by atoms with Crippen molar-refractivity contribution in [3.63, 3.8) is 0 Å². The van der Waals surface area contributed by atoms with Crippen molar-refractivity contribution < 1.29 is 24.8 Å². The van der Waals surface area contributed by atoms with Gasteiger partial charge in [0, 0.05) is 0 Å². The van der Waals surface area contributed by atoms with E-state index in [1.807, 2.05) is 0 Å². The summed E-state index contributed by atoms with van der Waals surface area (Å²) in [6, 6.07) is -0.860. The summed E-state index contributed by atoms with van der Waals surface area (Å²) in [6.45, 7) is 5.34. The molecule has 2 unspecified atom stereocenters. The van der Waals surface area contributed by atoms with Gasteiger partial charge in [0.15, 0.2) is 0 Å². The van der Waals surface area contributed by atoms with E-state index in [1.165, 1.54) is 0 Å². The normalized spacial score (nSPS) is 13.9. The highest BCUT2D eigenvalue weighted by Gasteiger charge is 2.29. The van der Waals surface area contributed by atoms with Crippen LogP contribution in [0.3, 0.4) is 0 Å². The molecule has 0 saturated heterocycles. The first-order valence-electron chi connectivity index (χ1n) is 6.12. The number of nitrogens with zero attached hydrogens (tertiary/aromatic N) is 1. The SMILES string of the molecule is CCOC(=O)C(NC(=O)c1nc[nH]c1[NH+]([O-])O)C(C)C. The summed E-state index contributed by atoms with van der Waals surface area (Å²) in [4.78, 5) is 29.7. The van der Waals surface area contributed by atoms with E-state index in [9.17, 15) is 14.8 Å². The van der Waals surface area contributed by atoms with Crippen LogP contribution in [-0.4, -0.2) is 39.7 Å². The Morgan fingerprint density at radius 2 is 2.25 bits per heavy atom. The topological polar surface area (TPSA) is 132 Å². The molecule has 2 atom stereocenters. The number of hydrogen-bond donors (Lipinski definition) is 4. The molecular formula is C11H18N4O5. The van der Waals surface area contributed by atoms with Crippen molar-refractivity contribution in [2.24, 2.45) is 5.92 Å². The molecular weight excluding hydrogens is 268 g/mol. The Morgan fingerprint density at radius 3 is 2.75 bits per heavy atom. The van der Waals surface area contributed by atoms with Gasteiger partial charge in [0.1, 0.15) is 6.04 Å². The maximum atomic E-state index is 12.0. The lowest BCUT2D eigenvalue weighted by atomic mass is 10.0. The Hall–Kier alpha value is -1.97. The van der Waals surface area contributed by atoms with Crippen molar-refractivity contribution in [2.45, 2.75) is 26.8 Å². The van der Waals surface area contributed by atoms with Gasteiger partial charge in [-0.2, -0.15) is 5.23 Å². The van der Waals surface area contributed by atoms with Gasteiger partial charge in [-0.25, -0.2) is 15.0 Å². The van der Waals surface area contributed by atoms with E-state index in [1.54, 1.807) is 20.8 Å². The molecule has 0 spiro atoms. The number of amides is 1. The second-order valence-corrected chi connectivity index (χ2v) is 4.38. The quantitative estimate of drug-likeness (QED) is 0.397. The summed E-state index contributed by atoms with van der Waals surface area (Å²) < 4.78 is 4.86. The molecule has 1 rings (SSSR count). The van der Waals surface area contributed by atoms with Gasteiger partial charge in [0.05, 0.1) is 12.9 Å². The van der Waals surface area contributed by atoms with E-state index in [0.717, 1.165) is 6.33 Å². The van der Waals surface area contributed by atoms with Crippen molar-refractivity contribution in [1.29, 1.82) is 0 Å². The molecule has 112 valence electrons. The molecule has 0 aliphatic carbocycles. The number of esters is 1. The van der Waals surface area contributed by atoms with Gasteiger partial charge in [-0.3, -0.25) is 9.78 Å². The fourth-order valence-electron chi connectivity index (χ4n) is 1.57. The highest BCUT2D eigenvalue weighted by molar-refractivity contribution is 5.97. The third-order valence-corrected chi connectivity index (χ3v) is 2.56. The molecule has 1 aromatic heterocycles. The zero-order chi connectivity index (χ0) is 15.3. The Labute approximate surface area is 115 Å². The van der Waals surface area contributed by atoms with Crippen LogP contribution in [0.1, 0.15) is 31.3 Å². The lowest BCUT2D eigenvalue weighted by Crippen LogP contribution is -2.99. The molecule has 1 amide bonds. The summed E-state index contributed by atoms with van der Waals surface area (Å²) in [6.07, 6.45) is 1.10. The van der Waals surface area contributed by atoms with Gasteiger partial charge in [0.25, 0.3) is 11.7 Å². The fourth-order valence-corrected chi connectivity index (χ4v) is 1.57. The number of hydrogen-bond acceptors (Lipinski definition) is 6. The number of quaternary nitrogens is 1. The van der Waals surface area contributed by atoms with Gasteiger partial charge in [-0.1, -0.05) is 13.8 Å². The molecule has 0 aromatic carbocycles. The van der Waals surface area contributed by atoms with Crippen LogP contribution in [0, 0.1) is 11.1 Å². The molecule has 1 heterocycles. The molecule has 9 heteroatoms. The largest absolute Gasteiger partial charge is 0.594 e. The molecule has 0 bridgehead atoms. The number of rotatable bonds is 6. The van der Waals surface area contributed by atoms with Gasteiger partial charge in [0.2, 0.25) is 5.69 Å². The van der Waals surface area contributed by atoms with Gasteiger partial charge in [-0.15, -0.1) is 0 Å². The maximum Gasteiger partial charge on any atom is 0.328 e. The Balaban J connectivity index is 2.86. The summed E-state index contributed by atoms with van der Waals surface area (Å²) in [5, 5.41) is 20.9. The number of carbonyl (C=O) groups excluding carboxylic acids is 2. The molecule has 0 aliphatic heterocycles. The molecule has 4 N–H and O–H groups in total. The van der Waals surface area contributed by atoms with Crippen LogP contribution in [0.4, 0.5) is 5.82 Å². The number of H-pyrrole nitrogens is 1. The van der Waals surface area contributed by atoms with Crippen LogP contribution in [0.2, 0.25) is 0 Å². The predicted molar refractivity (Wildman–Crippen MR) is 67.1 cm³/mol. The highest BCUT2D eigenvalue weighted by Crippen LogP contribution is 2.08. The molecule has 20 heavy (non-hydrogen) atoms. The van der Waals surface area contributed by atoms with E-state index in [2.05, 4.69) is 15.3 Å². The smallest absolute Gasteiger partial charge is 0.328 e. The minimum Gasteiger partial charge on any atom is -0.594 e. The van der Waals surface area contributed by atoms with E-state index >= 15 is 0 Å². The average molecular weight is 286 g/mol. The van der Waals surface area contributed by atoms with Crippen LogP contribution in [-0.2, 0) is 9.53 Å². The van der Waals surface area contributed by atoms with Crippen molar-refractivity contribution in [3.8, 4) is 0 Å². The van der Waals surface area contributed by atoms with E-state index in [0.29, 0.717) is 0 Å². The Kier molecular flexibility index (Phi) is 5.62. The van der Waals surface area contributed by atoms with Gasteiger partial charge in [-0.05, 0) is 12.8 Å². The maximum absolute atomic E-state index is 12.0. The van der Waals surface area contributed by atoms with Crippen LogP contribution in [0.5, 0.6) is 0 Å². The number of imidazole rings is 1. The monoisotopic (exact) mass is 286 g/mol. The predicted octanol–water partition coefficient (Wildman–Crippen LogP) is -0.869. The first-order chi connectivity index (χ1) is 9.38. The molecule has 0 fully saturated rings. The second kappa shape index (κ2) is 6.98. The molecule has 0 aliphatic rings. The zero-order valence-corrected chi connectivity index (χ0v) is 11.5. The molecule has 0 radical (unpaired) electrons. The summed E-state index contributed by atoms with van der Waals surface area (Å²) >= 11 is 0. The lowest BCUT2D eigenvalue weighted by molar-refractivity contribution is -0.993. The first-order valence-corrected chi connectivity index (χ1v) is 6.12. The number of ether oxygens (including phenoxy) is 1. The van der Waals surface area contributed by atoms with Crippen molar-refractivity contribution in [1.82, 2.24) is 15.3 Å². The first kappa shape index (κ1) is 16.1. The average Bonchev–Trinajstić information content (AvgIpc) is 2.84. The highest BCUT2D eigenvalue weighted by atomic mass is 16.8. The van der Waals surface area contributed by atoms with Crippen molar-refractivity contribution in [3.05, 3.63) is 17.2 Å². The Bertz CT molecular complexity index is 471. The van der Waals surface area contributed by atoms with Crippen molar-refractivity contribution in [2.75, 3.05) is 6.61 Å². The van der Waals surface area contributed by atoms with Crippen molar-refractivity contribution >= 4 is 17.7 Å². The minimum absolute atomic E-state index is 0.195. The molecule has 9 nitrogen and oxygen atoms in total. The van der Waals surface area contributed by atoms with E-state index in [-0.39, 0.29) is 24.0 Å². The number of aromatic amines is 1.